The molecule has 0 amide bonds. The van der Waals surface area contributed by atoms with Crippen molar-refractivity contribution in [3.8, 4) is 5.75 Å². The summed E-state index contributed by atoms with van der Waals surface area (Å²) in [7, 11) is -1.86. The minimum Gasteiger partial charge on any atom is -0.497 e. The van der Waals surface area contributed by atoms with E-state index < -0.39 is 10.0 Å². The molecule has 0 aromatic heterocycles. The smallest absolute Gasteiger partial charge is 0.240 e. The van der Waals surface area contributed by atoms with Crippen molar-refractivity contribution in [3.05, 3.63) is 59.7 Å². The van der Waals surface area contributed by atoms with Crippen LogP contribution in [-0.2, 0) is 10.0 Å². The third-order valence-corrected chi connectivity index (χ3v) is 6.72. The summed E-state index contributed by atoms with van der Waals surface area (Å²) in [6.07, 6.45) is 2.80. The first-order chi connectivity index (χ1) is 12.9. The van der Waals surface area contributed by atoms with Crippen LogP contribution >= 0.6 is 0 Å². The fourth-order valence-electron chi connectivity index (χ4n) is 3.61. The summed E-state index contributed by atoms with van der Waals surface area (Å²) in [5, 5.41) is 3.60. The molecule has 0 saturated heterocycles. The lowest BCUT2D eigenvalue weighted by Crippen LogP contribution is -2.47. The van der Waals surface area contributed by atoms with Gasteiger partial charge in [-0.2, -0.15) is 0 Å². The van der Waals surface area contributed by atoms with Gasteiger partial charge in [0.05, 0.1) is 12.0 Å². The van der Waals surface area contributed by atoms with E-state index in [1.54, 1.807) is 19.2 Å². The number of methoxy groups -OCH3 is 1. The lowest BCUT2D eigenvalue weighted by molar-refractivity contribution is 0.400. The van der Waals surface area contributed by atoms with Crippen molar-refractivity contribution in [2.24, 2.45) is 0 Å². The molecule has 0 aliphatic heterocycles. The number of ether oxygens (including phenoxy) is 1. The number of hydrogen-bond donors (Lipinski definition) is 2. The van der Waals surface area contributed by atoms with Crippen LogP contribution in [0.25, 0.3) is 0 Å². The second-order valence-corrected chi connectivity index (χ2v) is 8.96. The standard InChI is InChI=1S/C21H28N2O3S/c1-15-10-12-19(13-11-15)27(24,25)23-21-9-5-8-20(21)22-16(2)17-6-4-7-18(14-17)26-3/h4,6-7,10-14,16,20-23H,5,8-9H2,1-3H3/t16-,20?,21?/m1/s1. The molecule has 2 aromatic rings. The number of nitrogens with one attached hydrogen (secondary N) is 2. The predicted octanol–water partition coefficient (Wildman–Crippen LogP) is 3.55. The third kappa shape index (κ3) is 4.89. The van der Waals surface area contributed by atoms with E-state index in [2.05, 4.69) is 23.0 Å². The van der Waals surface area contributed by atoms with Gasteiger partial charge in [-0.25, -0.2) is 13.1 Å². The molecule has 1 aliphatic rings. The number of rotatable bonds is 7. The number of benzene rings is 2. The molecule has 2 N–H and O–H groups in total. The molecular weight excluding hydrogens is 360 g/mol. The molecule has 27 heavy (non-hydrogen) atoms. The van der Waals surface area contributed by atoms with Gasteiger partial charge >= 0.3 is 0 Å². The summed E-state index contributed by atoms with van der Waals surface area (Å²) in [6, 6.07) is 15.0. The van der Waals surface area contributed by atoms with E-state index in [1.807, 2.05) is 37.3 Å². The Morgan fingerprint density at radius 1 is 1.07 bits per heavy atom. The Morgan fingerprint density at radius 3 is 2.48 bits per heavy atom. The van der Waals surface area contributed by atoms with Gasteiger partial charge in [0.1, 0.15) is 5.75 Å². The fourth-order valence-corrected chi connectivity index (χ4v) is 4.92. The summed E-state index contributed by atoms with van der Waals surface area (Å²) in [5.74, 6) is 0.823. The third-order valence-electron chi connectivity index (χ3n) is 5.21. The minimum atomic E-state index is -3.51. The number of aryl methyl sites for hydroxylation is 1. The van der Waals surface area contributed by atoms with Crippen LogP contribution in [0, 0.1) is 6.92 Å². The van der Waals surface area contributed by atoms with Crippen LogP contribution in [0.3, 0.4) is 0 Å². The molecule has 6 heteroatoms. The molecule has 146 valence electrons. The summed E-state index contributed by atoms with van der Waals surface area (Å²) >= 11 is 0. The zero-order valence-corrected chi connectivity index (χ0v) is 16.9. The molecule has 1 fully saturated rings. The summed E-state index contributed by atoms with van der Waals surface area (Å²) < 4.78 is 33.7. The van der Waals surface area contributed by atoms with E-state index >= 15 is 0 Å². The van der Waals surface area contributed by atoms with E-state index in [0.717, 1.165) is 36.1 Å². The molecule has 0 spiro atoms. The van der Waals surface area contributed by atoms with Crippen molar-refractivity contribution in [1.29, 1.82) is 0 Å². The van der Waals surface area contributed by atoms with Crippen molar-refractivity contribution in [2.45, 2.75) is 56.1 Å². The highest BCUT2D eigenvalue weighted by molar-refractivity contribution is 7.89. The van der Waals surface area contributed by atoms with Crippen LogP contribution in [0.2, 0.25) is 0 Å². The van der Waals surface area contributed by atoms with Crippen LogP contribution in [0.15, 0.2) is 53.4 Å². The molecule has 1 saturated carbocycles. The molecule has 2 unspecified atom stereocenters. The second kappa shape index (κ2) is 8.42. The molecule has 0 heterocycles. The first-order valence-corrected chi connectivity index (χ1v) is 10.9. The molecule has 1 aliphatic carbocycles. The van der Waals surface area contributed by atoms with E-state index in [1.165, 1.54) is 0 Å². The van der Waals surface area contributed by atoms with Crippen molar-refractivity contribution in [3.63, 3.8) is 0 Å². The van der Waals surface area contributed by atoms with Gasteiger partial charge in [0.15, 0.2) is 0 Å². The largest absolute Gasteiger partial charge is 0.497 e. The lowest BCUT2D eigenvalue weighted by atomic mass is 10.1. The van der Waals surface area contributed by atoms with E-state index in [-0.39, 0.29) is 18.1 Å². The SMILES string of the molecule is COc1cccc([C@@H](C)NC2CCCC2NS(=O)(=O)c2ccc(C)cc2)c1. The Labute approximate surface area is 162 Å². The monoisotopic (exact) mass is 388 g/mol. The first kappa shape index (κ1) is 19.9. The average molecular weight is 389 g/mol. The van der Waals surface area contributed by atoms with Crippen LogP contribution < -0.4 is 14.8 Å². The fraction of sp³-hybridized carbons (Fsp3) is 0.429. The maximum Gasteiger partial charge on any atom is 0.240 e. The maximum absolute atomic E-state index is 12.7. The van der Waals surface area contributed by atoms with Gasteiger partial charge in [-0.1, -0.05) is 36.2 Å². The zero-order chi connectivity index (χ0) is 19.4. The molecule has 3 atom stereocenters. The van der Waals surface area contributed by atoms with E-state index in [4.69, 9.17) is 4.74 Å². The minimum absolute atomic E-state index is 0.103. The Hall–Kier alpha value is -1.89. The van der Waals surface area contributed by atoms with Crippen molar-refractivity contribution >= 4 is 10.0 Å². The summed E-state index contributed by atoms with van der Waals surface area (Å²) in [5.41, 5.74) is 2.17. The molecular formula is C21H28N2O3S. The Morgan fingerprint density at radius 2 is 1.78 bits per heavy atom. The van der Waals surface area contributed by atoms with Crippen molar-refractivity contribution in [1.82, 2.24) is 10.0 Å². The average Bonchev–Trinajstić information content (AvgIpc) is 3.08. The van der Waals surface area contributed by atoms with Gasteiger partial charge in [-0.05, 0) is 56.5 Å². The Bertz CT molecular complexity index is 865. The quantitative estimate of drug-likeness (QED) is 0.761. The van der Waals surface area contributed by atoms with E-state index in [9.17, 15) is 8.42 Å². The highest BCUT2D eigenvalue weighted by Crippen LogP contribution is 2.26. The first-order valence-electron chi connectivity index (χ1n) is 9.38. The van der Waals surface area contributed by atoms with Crippen molar-refractivity contribution < 1.29 is 13.2 Å². The van der Waals surface area contributed by atoms with Gasteiger partial charge in [-0.3, -0.25) is 0 Å². The second-order valence-electron chi connectivity index (χ2n) is 7.24. The van der Waals surface area contributed by atoms with Crippen LogP contribution in [0.1, 0.15) is 43.4 Å². The van der Waals surface area contributed by atoms with Gasteiger partial charge in [0.25, 0.3) is 0 Å². The highest BCUT2D eigenvalue weighted by atomic mass is 32.2. The normalized spacial score (nSPS) is 21.1. The van der Waals surface area contributed by atoms with Crippen LogP contribution in [0.5, 0.6) is 5.75 Å². The zero-order valence-electron chi connectivity index (χ0n) is 16.1. The van der Waals surface area contributed by atoms with E-state index in [0.29, 0.717) is 4.90 Å². The maximum atomic E-state index is 12.7. The summed E-state index contributed by atoms with van der Waals surface area (Å²) in [4.78, 5) is 0.319. The molecule has 2 aromatic carbocycles. The highest BCUT2D eigenvalue weighted by Gasteiger charge is 2.32. The Balaban J connectivity index is 1.68. The number of sulfonamides is 1. The van der Waals surface area contributed by atoms with Gasteiger partial charge in [0, 0.05) is 18.1 Å². The Kier molecular flexibility index (Phi) is 6.19. The molecule has 3 rings (SSSR count). The van der Waals surface area contributed by atoms with Gasteiger partial charge in [0.2, 0.25) is 10.0 Å². The van der Waals surface area contributed by atoms with Gasteiger partial charge < -0.3 is 10.1 Å². The van der Waals surface area contributed by atoms with Crippen LogP contribution in [0.4, 0.5) is 0 Å². The predicted molar refractivity (Wildman–Crippen MR) is 107 cm³/mol. The van der Waals surface area contributed by atoms with Crippen LogP contribution in [-0.4, -0.2) is 27.6 Å². The lowest BCUT2D eigenvalue weighted by Gasteiger charge is -2.26. The van der Waals surface area contributed by atoms with Crippen molar-refractivity contribution in [2.75, 3.05) is 7.11 Å². The number of hydrogen-bond acceptors (Lipinski definition) is 4. The molecule has 0 radical (unpaired) electrons. The molecule has 0 bridgehead atoms. The summed E-state index contributed by atoms with van der Waals surface area (Å²) in [6.45, 7) is 4.04. The topological polar surface area (TPSA) is 67.4 Å². The van der Waals surface area contributed by atoms with Gasteiger partial charge in [-0.15, -0.1) is 0 Å². The molecule has 5 nitrogen and oxygen atoms in total.